The van der Waals surface area contributed by atoms with Crippen molar-refractivity contribution in [3.8, 4) is 0 Å². The third-order valence-corrected chi connectivity index (χ3v) is 3.58. The van der Waals surface area contributed by atoms with E-state index in [1.165, 1.54) is 0 Å². The van der Waals surface area contributed by atoms with Gasteiger partial charge in [-0.1, -0.05) is 0 Å². The van der Waals surface area contributed by atoms with Crippen molar-refractivity contribution in [3.63, 3.8) is 0 Å². The summed E-state index contributed by atoms with van der Waals surface area (Å²) in [7, 11) is 0. The number of aliphatic hydroxyl groups is 1. The molecule has 1 saturated heterocycles. The minimum Gasteiger partial charge on any atom is -0.392 e. The van der Waals surface area contributed by atoms with Crippen molar-refractivity contribution in [2.75, 3.05) is 11.9 Å². The summed E-state index contributed by atoms with van der Waals surface area (Å²) in [6.07, 6.45) is -0.0562. The summed E-state index contributed by atoms with van der Waals surface area (Å²) in [6.45, 7) is 6.09. The average Bonchev–Trinajstić information content (AvgIpc) is 2.84. The minimum absolute atomic E-state index is 0.0751. The number of hydrogen-bond donors (Lipinski definition) is 4. The van der Waals surface area contributed by atoms with Gasteiger partial charge >= 0.3 is 0 Å². The lowest BCUT2D eigenvalue weighted by Gasteiger charge is -2.14. The first-order valence-corrected chi connectivity index (χ1v) is 7.50. The van der Waals surface area contributed by atoms with Gasteiger partial charge in [0, 0.05) is 23.8 Å². The van der Waals surface area contributed by atoms with E-state index >= 15 is 0 Å². The van der Waals surface area contributed by atoms with E-state index in [4.69, 9.17) is 0 Å². The second-order valence-electron chi connectivity index (χ2n) is 6.00. The number of nitrogens with one attached hydrogen (secondary N) is 3. The number of aliphatic hydroxyl groups excluding tert-OH is 1. The Kier molecular flexibility index (Phi) is 5.15. The van der Waals surface area contributed by atoms with Gasteiger partial charge in [-0.15, -0.1) is 0 Å². The van der Waals surface area contributed by atoms with Gasteiger partial charge in [-0.2, -0.15) is 0 Å². The van der Waals surface area contributed by atoms with E-state index in [1.54, 1.807) is 18.2 Å². The fourth-order valence-electron chi connectivity index (χ4n) is 2.48. The van der Waals surface area contributed by atoms with Crippen molar-refractivity contribution in [2.45, 2.75) is 45.4 Å². The first kappa shape index (κ1) is 16.5. The smallest absolute Gasteiger partial charge is 0.251 e. The lowest BCUT2D eigenvalue weighted by Crippen LogP contribution is -2.35. The number of aryl methyl sites for hydroxylation is 1. The highest BCUT2D eigenvalue weighted by molar-refractivity contribution is 5.98. The van der Waals surface area contributed by atoms with Crippen LogP contribution in [-0.4, -0.2) is 41.7 Å². The van der Waals surface area contributed by atoms with Crippen LogP contribution in [0.25, 0.3) is 0 Å². The average molecular weight is 305 g/mol. The highest BCUT2D eigenvalue weighted by Gasteiger charge is 2.28. The number of benzene rings is 1. The molecule has 0 saturated carbocycles. The molecule has 6 heteroatoms. The normalized spacial score (nSPS) is 21.0. The molecule has 1 aromatic rings. The van der Waals surface area contributed by atoms with Crippen LogP contribution in [0.15, 0.2) is 18.2 Å². The molecule has 0 radical (unpaired) electrons. The molecule has 1 aliphatic heterocycles. The number of amides is 2. The van der Waals surface area contributed by atoms with Crippen LogP contribution in [-0.2, 0) is 4.79 Å². The maximum absolute atomic E-state index is 12.1. The largest absolute Gasteiger partial charge is 0.392 e. The molecule has 0 aromatic heterocycles. The summed E-state index contributed by atoms with van der Waals surface area (Å²) < 4.78 is 0. The Morgan fingerprint density at radius 2 is 2.09 bits per heavy atom. The number of anilines is 1. The monoisotopic (exact) mass is 305 g/mol. The predicted octanol–water partition coefficient (Wildman–Crippen LogP) is 0.795. The molecule has 6 nitrogen and oxygen atoms in total. The molecule has 2 amide bonds. The van der Waals surface area contributed by atoms with Crippen LogP contribution in [0.2, 0.25) is 0 Å². The van der Waals surface area contributed by atoms with Crippen molar-refractivity contribution in [1.82, 2.24) is 10.6 Å². The van der Waals surface area contributed by atoms with Gasteiger partial charge in [0.15, 0.2) is 0 Å². The fourth-order valence-corrected chi connectivity index (χ4v) is 2.48. The molecule has 2 rings (SSSR count). The maximum Gasteiger partial charge on any atom is 0.251 e. The standard InChI is InChI=1S/C16H23N3O3/c1-9(2)18-15(21)13-5-4-11(6-10(13)3)19-16(22)14-7-12(20)8-17-14/h4-6,9,12,14,17,20H,7-8H2,1-3H3,(H,18,21)(H,19,22). The molecule has 1 aromatic carbocycles. The lowest BCUT2D eigenvalue weighted by atomic mass is 10.1. The molecule has 22 heavy (non-hydrogen) atoms. The molecule has 1 aliphatic rings. The van der Waals surface area contributed by atoms with E-state index < -0.39 is 6.10 Å². The van der Waals surface area contributed by atoms with Gasteiger partial charge in [-0.05, 0) is 51.0 Å². The number of hydrogen-bond acceptors (Lipinski definition) is 4. The topological polar surface area (TPSA) is 90.5 Å². The van der Waals surface area contributed by atoms with Crippen LogP contribution in [0.1, 0.15) is 36.2 Å². The van der Waals surface area contributed by atoms with Crippen molar-refractivity contribution in [2.24, 2.45) is 0 Å². The van der Waals surface area contributed by atoms with Crippen LogP contribution in [0.3, 0.4) is 0 Å². The second kappa shape index (κ2) is 6.89. The fraction of sp³-hybridized carbons (Fsp3) is 0.500. The van der Waals surface area contributed by atoms with Gasteiger partial charge in [0.25, 0.3) is 5.91 Å². The van der Waals surface area contributed by atoms with E-state index in [9.17, 15) is 14.7 Å². The Labute approximate surface area is 130 Å². The molecular formula is C16H23N3O3. The van der Waals surface area contributed by atoms with Crippen molar-refractivity contribution < 1.29 is 14.7 Å². The van der Waals surface area contributed by atoms with Crippen molar-refractivity contribution >= 4 is 17.5 Å². The molecule has 0 spiro atoms. The number of carbonyl (C=O) groups is 2. The summed E-state index contributed by atoms with van der Waals surface area (Å²) in [5.41, 5.74) is 2.04. The van der Waals surface area contributed by atoms with Gasteiger partial charge in [-0.3, -0.25) is 9.59 Å². The van der Waals surface area contributed by atoms with Crippen LogP contribution >= 0.6 is 0 Å². The summed E-state index contributed by atoms with van der Waals surface area (Å²) in [5, 5.41) is 18.1. The Balaban J connectivity index is 2.03. The first-order valence-electron chi connectivity index (χ1n) is 7.50. The first-order chi connectivity index (χ1) is 10.4. The SMILES string of the molecule is Cc1cc(NC(=O)C2CC(O)CN2)ccc1C(=O)NC(C)C. The van der Waals surface area contributed by atoms with E-state index in [0.717, 1.165) is 5.56 Å². The molecule has 4 N–H and O–H groups in total. The minimum atomic E-state index is -0.473. The lowest BCUT2D eigenvalue weighted by molar-refractivity contribution is -0.117. The molecule has 2 atom stereocenters. The second-order valence-corrected chi connectivity index (χ2v) is 6.00. The zero-order valence-electron chi connectivity index (χ0n) is 13.1. The van der Waals surface area contributed by atoms with E-state index in [0.29, 0.717) is 24.2 Å². The van der Waals surface area contributed by atoms with Crippen LogP contribution < -0.4 is 16.0 Å². The van der Waals surface area contributed by atoms with Gasteiger partial charge in [0.1, 0.15) is 0 Å². The highest BCUT2D eigenvalue weighted by Crippen LogP contribution is 2.17. The summed E-state index contributed by atoms with van der Waals surface area (Å²) in [6, 6.07) is 4.90. The van der Waals surface area contributed by atoms with Gasteiger partial charge in [-0.25, -0.2) is 0 Å². The molecule has 120 valence electrons. The molecule has 1 fully saturated rings. The number of β-amino-alcohol motifs (C(OH)–C–C–N with tert-alkyl or cyclic N) is 1. The van der Waals surface area contributed by atoms with Gasteiger partial charge < -0.3 is 21.1 Å². The molecular weight excluding hydrogens is 282 g/mol. The third-order valence-electron chi connectivity index (χ3n) is 3.58. The van der Waals surface area contributed by atoms with Crippen LogP contribution in [0.5, 0.6) is 0 Å². The van der Waals surface area contributed by atoms with Gasteiger partial charge in [0.2, 0.25) is 5.91 Å². The molecule has 2 unspecified atom stereocenters. The highest BCUT2D eigenvalue weighted by atomic mass is 16.3. The quantitative estimate of drug-likeness (QED) is 0.662. The Morgan fingerprint density at radius 3 is 2.64 bits per heavy atom. The Morgan fingerprint density at radius 1 is 1.36 bits per heavy atom. The molecule has 0 aliphatic carbocycles. The van der Waals surface area contributed by atoms with Gasteiger partial charge in [0.05, 0.1) is 12.1 Å². The van der Waals surface area contributed by atoms with E-state index in [2.05, 4.69) is 16.0 Å². The Bertz CT molecular complexity index is 572. The zero-order chi connectivity index (χ0) is 16.3. The number of rotatable bonds is 4. The molecule has 0 bridgehead atoms. The third kappa shape index (κ3) is 4.05. The van der Waals surface area contributed by atoms with Crippen molar-refractivity contribution in [3.05, 3.63) is 29.3 Å². The Hall–Kier alpha value is -1.92. The predicted molar refractivity (Wildman–Crippen MR) is 84.8 cm³/mol. The maximum atomic E-state index is 12.1. The zero-order valence-corrected chi connectivity index (χ0v) is 13.1. The summed E-state index contributed by atoms with van der Waals surface area (Å²) in [5.74, 6) is -0.290. The number of carbonyl (C=O) groups excluding carboxylic acids is 2. The summed E-state index contributed by atoms with van der Waals surface area (Å²) in [4.78, 5) is 24.1. The molecule has 1 heterocycles. The summed E-state index contributed by atoms with van der Waals surface area (Å²) >= 11 is 0. The van der Waals surface area contributed by atoms with E-state index in [1.807, 2.05) is 20.8 Å². The van der Waals surface area contributed by atoms with E-state index in [-0.39, 0.29) is 23.9 Å². The van der Waals surface area contributed by atoms with Crippen LogP contribution in [0.4, 0.5) is 5.69 Å². The van der Waals surface area contributed by atoms with Crippen molar-refractivity contribution in [1.29, 1.82) is 0 Å². The van der Waals surface area contributed by atoms with Crippen LogP contribution in [0, 0.1) is 6.92 Å².